The Morgan fingerprint density at radius 3 is 2.71 bits per heavy atom. The number of imidazole rings is 1. The lowest BCUT2D eigenvalue weighted by atomic mass is 10.2. The highest BCUT2D eigenvalue weighted by molar-refractivity contribution is 5.94. The fourth-order valence-electron chi connectivity index (χ4n) is 4.39. The summed E-state index contributed by atoms with van der Waals surface area (Å²) in [5.74, 6) is 2.43. The maximum atomic E-state index is 12.4. The van der Waals surface area contributed by atoms with Crippen LogP contribution >= 0.6 is 0 Å². The third-order valence-corrected chi connectivity index (χ3v) is 5.78. The Balaban J connectivity index is 1.28. The second-order valence-corrected chi connectivity index (χ2v) is 8.10. The van der Waals surface area contributed by atoms with Gasteiger partial charge in [-0.15, -0.1) is 0 Å². The number of fused-ring (bicyclic) bond motifs is 2. The summed E-state index contributed by atoms with van der Waals surface area (Å²) in [6.45, 7) is 7.83. The Hall–Kier alpha value is -2.41. The van der Waals surface area contributed by atoms with E-state index in [4.69, 9.17) is 0 Å². The Morgan fingerprint density at radius 1 is 1.25 bits per heavy atom. The lowest BCUT2D eigenvalue weighted by Crippen LogP contribution is -2.52. The van der Waals surface area contributed by atoms with Crippen molar-refractivity contribution in [1.29, 1.82) is 0 Å². The van der Waals surface area contributed by atoms with E-state index in [2.05, 4.69) is 43.9 Å². The minimum Gasteiger partial charge on any atom is -0.352 e. The molecule has 2 aromatic rings. The first-order valence-electron chi connectivity index (χ1n) is 10.4. The van der Waals surface area contributed by atoms with Gasteiger partial charge in [0.1, 0.15) is 11.6 Å². The van der Waals surface area contributed by atoms with Gasteiger partial charge in [0.05, 0.1) is 5.56 Å². The fraction of sp³-hybridized carbons (Fsp3) is 0.571. The fourth-order valence-corrected chi connectivity index (χ4v) is 4.39. The summed E-state index contributed by atoms with van der Waals surface area (Å²) >= 11 is 0. The van der Waals surface area contributed by atoms with E-state index in [1.165, 1.54) is 12.8 Å². The molecule has 7 heteroatoms. The molecule has 4 rings (SSSR count). The molecule has 2 unspecified atom stereocenters. The molecule has 1 amide bonds. The minimum atomic E-state index is -0.0583. The van der Waals surface area contributed by atoms with Gasteiger partial charge in [0.2, 0.25) is 0 Å². The van der Waals surface area contributed by atoms with Gasteiger partial charge in [-0.25, -0.2) is 9.97 Å². The zero-order chi connectivity index (χ0) is 19.5. The van der Waals surface area contributed by atoms with Crippen LogP contribution < -0.4 is 15.5 Å². The van der Waals surface area contributed by atoms with Crippen molar-refractivity contribution in [2.24, 2.45) is 0 Å². The number of nitrogens with one attached hydrogen (secondary N) is 2. The third kappa shape index (κ3) is 3.90. The zero-order valence-electron chi connectivity index (χ0n) is 16.8. The van der Waals surface area contributed by atoms with Crippen LogP contribution in [-0.2, 0) is 6.54 Å². The average molecular weight is 383 g/mol. The Morgan fingerprint density at radius 2 is 2.04 bits per heavy atom. The van der Waals surface area contributed by atoms with Gasteiger partial charge in [0, 0.05) is 62.8 Å². The smallest absolute Gasteiger partial charge is 0.252 e. The number of amides is 1. The van der Waals surface area contributed by atoms with Crippen LogP contribution in [0.1, 0.15) is 55.2 Å². The van der Waals surface area contributed by atoms with Crippen LogP contribution in [0.3, 0.4) is 0 Å². The number of carbonyl (C=O) groups excluding carboxylic acids is 1. The SMILES string of the molecule is CC(C)c1nccn1CCCNC(=O)c1ccc(N2C3CCC2CNC3)nc1. The molecule has 2 bridgehead atoms. The summed E-state index contributed by atoms with van der Waals surface area (Å²) in [5.41, 5.74) is 0.622. The third-order valence-electron chi connectivity index (χ3n) is 5.78. The van der Waals surface area contributed by atoms with E-state index in [1.54, 1.807) is 6.20 Å². The van der Waals surface area contributed by atoms with Gasteiger partial charge in [0.15, 0.2) is 0 Å². The van der Waals surface area contributed by atoms with Gasteiger partial charge < -0.3 is 20.1 Å². The van der Waals surface area contributed by atoms with Crippen molar-refractivity contribution in [3.63, 3.8) is 0 Å². The molecule has 4 heterocycles. The highest BCUT2D eigenvalue weighted by Gasteiger charge is 2.37. The Labute approximate surface area is 166 Å². The van der Waals surface area contributed by atoms with Crippen molar-refractivity contribution >= 4 is 11.7 Å². The van der Waals surface area contributed by atoms with Crippen LogP contribution in [-0.4, -0.2) is 52.2 Å². The molecule has 2 aliphatic heterocycles. The number of hydrogen-bond acceptors (Lipinski definition) is 5. The summed E-state index contributed by atoms with van der Waals surface area (Å²) in [7, 11) is 0. The van der Waals surface area contributed by atoms with Crippen molar-refractivity contribution in [3.05, 3.63) is 42.1 Å². The first kappa shape index (κ1) is 18.9. The second-order valence-electron chi connectivity index (χ2n) is 8.10. The zero-order valence-corrected chi connectivity index (χ0v) is 16.8. The summed E-state index contributed by atoms with van der Waals surface area (Å²) in [5, 5.41) is 6.49. The number of aromatic nitrogens is 3. The average Bonchev–Trinajstić information content (AvgIpc) is 3.27. The summed E-state index contributed by atoms with van der Waals surface area (Å²) in [4.78, 5) is 23.8. The van der Waals surface area contributed by atoms with E-state index in [-0.39, 0.29) is 5.91 Å². The number of carbonyl (C=O) groups is 1. The van der Waals surface area contributed by atoms with Crippen molar-refractivity contribution in [3.8, 4) is 0 Å². The molecule has 2 N–H and O–H groups in total. The highest BCUT2D eigenvalue weighted by Crippen LogP contribution is 2.30. The molecule has 0 aromatic carbocycles. The van der Waals surface area contributed by atoms with Gasteiger partial charge in [0.25, 0.3) is 5.91 Å². The topological polar surface area (TPSA) is 75.1 Å². The summed E-state index contributed by atoms with van der Waals surface area (Å²) in [6, 6.07) is 4.95. The number of pyridine rings is 1. The Kier molecular flexibility index (Phi) is 5.62. The van der Waals surface area contributed by atoms with Gasteiger partial charge in [-0.3, -0.25) is 4.79 Å². The molecule has 2 aliphatic rings. The van der Waals surface area contributed by atoms with E-state index in [0.29, 0.717) is 30.1 Å². The minimum absolute atomic E-state index is 0.0583. The molecule has 7 nitrogen and oxygen atoms in total. The monoisotopic (exact) mass is 382 g/mol. The lowest BCUT2D eigenvalue weighted by Gasteiger charge is -2.36. The quantitative estimate of drug-likeness (QED) is 0.718. The molecule has 150 valence electrons. The Bertz CT molecular complexity index is 783. The molecule has 2 saturated heterocycles. The molecule has 0 aliphatic carbocycles. The molecule has 2 fully saturated rings. The number of hydrogen-bond donors (Lipinski definition) is 2. The number of nitrogens with zero attached hydrogens (tertiary/aromatic N) is 4. The molecule has 28 heavy (non-hydrogen) atoms. The van der Waals surface area contributed by atoms with Crippen LogP contribution in [0.15, 0.2) is 30.7 Å². The molecule has 0 radical (unpaired) electrons. The summed E-state index contributed by atoms with van der Waals surface area (Å²) < 4.78 is 2.16. The first-order valence-corrected chi connectivity index (χ1v) is 10.4. The highest BCUT2D eigenvalue weighted by atomic mass is 16.1. The molecular weight excluding hydrogens is 352 g/mol. The maximum absolute atomic E-state index is 12.4. The van der Waals surface area contributed by atoms with Crippen LogP contribution in [0.25, 0.3) is 0 Å². The predicted molar refractivity (Wildman–Crippen MR) is 110 cm³/mol. The van der Waals surface area contributed by atoms with Gasteiger partial charge in [-0.1, -0.05) is 13.8 Å². The molecule has 0 saturated carbocycles. The lowest BCUT2D eigenvalue weighted by molar-refractivity contribution is 0.0952. The number of rotatable bonds is 7. The van der Waals surface area contributed by atoms with Gasteiger partial charge >= 0.3 is 0 Å². The number of piperazine rings is 1. The van der Waals surface area contributed by atoms with Crippen molar-refractivity contribution < 1.29 is 4.79 Å². The molecular formula is C21H30N6O. The molecule has 2 aromatic heterocycles. The maximum Gasteiger partial charge on any atom is 0.252 e. The number of aryl methyl sites for hydroxylation is 1. The second kappa shape index (κ2) is 8.31. The van der Waals surface area contributed by atoms with E-state index in [0.717, 1.165) is 37.7 Å². The van der Waals surface area contributed by atoms with E-state index >= 15 is 0 Å². The van der Waals surface area contributed by atoms with Gasteiger partial charge in [-0.05, 0) is 31.4 Å². The van der Waals surface area contributed by atoms with Crippen LogP contribution in [0.5, 0.6) is 0 Å². The normalized spacial score (nSPS) is 21.3. The van der Waals surface area contributed by atoms with Crippen LogP contribution in [0.4, 0.5) is 5.82 Å². The molecule has 0 spiro atoms. The standard InChI is InChI=1S/C21H30N6O/c1-15(2)20-23-9-11-26(20)10-3-8-24-21(28)16-4-7-19(25-12-16)27-17-5-6-18(27)14-22-13-17/h4,7,9,11-12,15,17-18,22H,3,5-6,8,10,13-14H2,1-2H3,(H,24,28). The summed E-state index contributed by atoms with van der Waals surface area (Å²) in [6.07, 6.45) is 8.86. The van der Waals surface area contributed by atoms with Crippen LogP contribution in [0.2, 0.25) is 0 Å². The predicted octanol–water partition coefficient (Wildman–Crippen LogP) is 2.16. The largest absolute Gasteiger partial charge is 0.352 e. The van der Waals surface area contributed by atoms with Crippen molar-refractivity contribution in [2.75, 3.05) is 24.5 Å². The van der Waals surface area contributed by atoms with Crippen molar-refractivity contribution in [1.82, 2.24) is 25.2 Å². The van der Waals surface area contributed by atoms with E-state index in [9.17, 15) is 4.79 Å². The van der Waals surface area contributed by atoms with E-state index < -0.39 is 0 Å². The van der Waals surface area contributed by atoms with E-state index in [1.807, 2.05) is 24.5 Å². The van der Waals surface area contributed by atoms with Gasteiger partial charge in [-0.2, -0.15) is 0 Å². The number of anilines is 1. The van der Waals surface area contributed by atoms with Crippen molar-refractivity contribution in [2.45, 2.75) is 57.7 Å². The molecule has 2 atom stereocenters. The first-order chi connectivity index (χ1) is 13.6. The van der Waals surface area contributed by atoms with Crippen LogP contribution in [0, 0.1) is 0 Å².